The molecule has 62 valence electrons. The van der Waals surface area contributed by atoms with Crippen LogP contribution in [-0.4, -0.2) is 6.29 Å². The van der Waals surface area contributed by atoms with E-state index in [2.05, 4.69) is 6.08 Å². The maximum atomic E-state index is 10.3. The molecule has 0 aromatic carbocycles. The van der Waals surface area contributed by atoms with Gasteiger partial charge in [0.05, 0.1) is 0 Å². The van der Waals surface area contributed by atoms with E-state index in [9.17, 15) is 4.79 Å². The van der Waals surface area contributed by atoms with Crippen LogP contribution in [-0.2, 0) is 4.79 Å². The maximum Gasteiger partial charge on any atom is 0.145 e. The molecule has 0 bridgehead atoms. The average molecular weight is 152 g/mol. The summed E-state index contributed by atoms with van der Waals surface area (Å²) in [6, 6.07) is 0. The van der Waals surface area contributed by atoms with Crippen molar-refractivity contribution in [3.05, 3.63) is 23.8 Å². The molecular formula is C10H16O. The molecule has 0 saturated carbocycles. The van der Waals surface area contributed by atoms with Gasteiger partial charge in [-0.2, -0.15) is 0 Å². The monoisotopic (exact) mass is 152 g/mol. The van der Waals surface area contributed by atoms with Gasteiger partial charge in [0.2, 0.25) is 0 Å². The van der Waals surface area contributed by atoms with Crippen LogP contribution in [0, 0.1) is 0 Å². The van der Waals surface area contributed by atoms with Crippen LogP contribution in [0.25, 0.3) is 0 Å². The van der Waals surface area contributed by atoms with Gasteiger partial charge in [0, 0.05) is 0 Å². The van der Waals surface area contributed by atoms with Gasteiger partial charge in [-0.1, -0.05) is 25.2 Å². The zero-order valence-corrected chi connectivity index (χ0v) is 7.34. The lowest BCUT2D eigenvalue weighted by atomic mass is 10.1. The van der Waals surface area contributed by atoms with E-state index in [0.717, 1.165) is 31.1 Å². The highest BCUT2D eigenvalue weighted by Crippen LogP contribution is 2.00. The normalized spacial score (nSPS) is 12.4. The first-order valence-electron chi connectivity index (χ1n) is 4.10. The Hall–Kier alpha value is -0.850. The van der Waals surface area contributed by atoms with Crippen molar-refractivity contribution in [3.63, 3.8) is 0 Å². The minimum absolute atomic E-state index is 0.847. The lowest BCUT2D eigenvalue weighted by Gasteiger charge is -1.91. The Morgan fingerprint density at radius 3 is 2.55 bits per heavy atom. The number of carbonyl (C=O) groups excluding carboxylic acids is 1. The van der Waals surface area contributed by atoms with E-state index < -0.39 is 0 Å². The summed E-state index contributed by atoms with van der Waals surface area (Å²) >= 11 is 0. The summed E-state index contributed by atoms with van der Waals surface area (Å²) in [5.74, 6) is 0. The van der Waals surface area contributed by atoms with Crippen LogP contribution in [0.4, 0.5) is 0 Å². The van der Waals surface area contributed by atoms with Crippen molar-refractivity contribution in [1.82, 2.24) is 0 Å². The molecule has 0 heterocycles. The molecule has 0 amide bonds. The Labute approximate surface area is 68.8 Å². The van der Waals surface area contributed by atoms with Crippen molar-refractivity contribution in [1.29, 1.82) is 0 Å². The molecule has 0 fully saturated rings. The zero-order chi connectivity index (χ0) is 8.53. The predicted octanol–water partition coefficient (Wildman–Crippen LogP) is 2.88. The van der Waals surface area contributed by atoms with Gasteiger partial charge in [-0.3, -0.25) is 4.79 Å². The van der Waals surface area contributed by atoms with Crippen LogP contribution in [0.15, 0.2) is 23.8 Å². The van der Waals surface area contributed by atoms with Gasteiger partial charge in [0.25, 0.3) is 0 Å². The average Bonchev–Trinajstić information content (AvgIpc) is 2.05. The fraction of sp³-hybridized carbons (Fsp3) is 0.500. The van der Waals surface area contributed by atoms with Gasteiger partial charge in [0.1, 0.15) is 6.29 Å². The number of carbonyl (C=O) groups is 1. The molecule has 1 heteroatoms. The van der Waals surface area contributed by atoms with E-state index in [0.29, 0.717) is 0 Å². The molecule has 0 N–H and O–H groups in total. The van der Waals surface area contributed by atoms with E-state index in [4.69, 9.17) is 0 Å². The SMILES string of the molecule is CC=CCCC=C(C=O)CC. The van der Waals surface area contributed by atoms with Crippen molar-refractivity contribution in [2.24, 2.45) is 0 Å². The van der Waals surface area contributed by atoms with Crippen molar-refractivity contribution in [2.45, 2.75) is 33.1 Å². The number of aldehydes is 1. The molecule has 11 heavy (non-hydrogen) atoms. The van der Waals surface area contributed by atoms with Crippen molar-refractivity contribution in [2.75, 3.05) is 0 Å². The number of allylic oxidation sites excluding steroid dienone is 4. The third kappa shape index (κ3) is 5.59. The van der Waals surface area contributed by atoms with Crippen LogP contribution in [0.2, 0.25) is 0 Å². The second-order valence-corrected chi connectivity index (χ2v) is 2.40. The highest BCUT2D eigenvalue weighted by atomic mass is 16.1. The molecule has 0 aromatic heterocycles. The molecule has 0 unspecified atom stereocenters. The van der Waals surface area contributed by atoms with Gasteiger partial charge in [-0.15, -0.1) is 0 Å². The quantitative estimate of drug-likeness (QED) is 0.256. The van der Waals surface area contributed by atoms with Gasteiger partial charge < -0.3 is 0 Å². The molecular weight excluding hydrogens is 136 g/mol. The second kappa shape index (κ2) is 7.26. The largest absolute Gasteiger partial charge is 0.298 e. The topological polar surface area (TPSA) is 17.1 Å². The van der Waals surface area contributed by atoms with Crippen LogP contribution in [0.3, 0.4) is 0 Å². The Balaban J connectivity index is 3.61. The Morgan fingerprint density at radius 2 is 2.09 bits per heavy atom. The van der Waals surface area contributed by atoms with Gasteiger partial charge in [-0.05, 0) is 31.8 Å². The summed E-state index contributed by atoms with van der Waals surface area (Å²) in [7, 11) is 0. The van der Waals surface area contributed by atoms with E-state index in [-0.39, 0.29) is 0 Å². The number of hydrogen-bond acceptors (Lipinski definition) is 1. The zero-order valence-electron chi connectivity index (χ0n) is 7.34. The Morgan fingerprint density at radius 1 is 1.36 bits per heavy atom. The first kappa shape index (κ1) is 10.2. The number of rotatable bonds is 5. The first-order valence-corrected chi connectivity index (χ1v) is 4.10. The molecule has 0 rings (SSSR count). The predicted molar refractivity (Wildman–Crippen MR) is 48.5 cm³/mol. The summed E-state index contributed by atoms with van der Waals surface area (Å²) in [6.45, 7) is 4.00. The summed E-state index contributed by atoms with van der Waals surface area (Å²) in [5, 5.41) is 0. The molecule has 0 aliphatic rings. The number of unbranched alkanes of at least 4 members (excludes halogenated alkanes) is 1. The van der Waals surface area contributed by atoms with Crippen molar-refractivity contribution < 1.29 is 4.79 Å². The molecule has 1 nitrogen and oxygen atoms in total. The smallest absolute Gasteiger partial charge is 0.145 e. The third-order valence-electron chi connectivity index (χ3n) is 1.54. The fourth-order valence-corrected chi connectivity index (χ4v) is 0.807. The third-order valence-corrected chi connectivity index (χ3v) is 1.54. The molecule has 0 spiro atoms. The van der Waals surface area contributed by atoms with Crippen molar-refractivity contribution >= 4 is 6.29 Å². The molecule has 0 atom stereocenters. The van der Waals surface area contributed by atoms with E-state index in [1.807, 2.05) is 26.0 Å². The van der Waals surface area contributed by atoms with Crippen molar-refractivity contribution in [3.8, 4) is 0 Å². The number of hydrogen-bond donors (Lipinski definition) is 0. The molecule has 0 aromatic rings. The van der Waals surface area contributed by atoms with Gasteiger partial charge >= 0.3 is 0 Å². The van der Waals surface area contributed by atoms with Crippen LogP contribution < -0.4 is 0 Å². The molecule has 0 aliphatic carbocycles. The maximum absolute atomic E-state index is 10.3. The molecule has 0 saturated heterocycles. The standard InChI is InChI=1S/C10H16O/c1-3-5-6-7-8-10(4-2)9-11/h3,5,8-9H,4,6-7H2,1-2H3. The minimum atomic E-state index is 0.847. The van der Waals surface area contributed by atoms with Crippen LogP contribution >= 0.6 is 0 Å². The lowest BCUT2D eigenvalue weighted by molar-refractivity contribution is -0.105. The highest BCUT2D eigenvalue weighted by Gasteiger charge is 1.87. The summed E-state index contributed by atoms with van der Waals surface area (Å²) < 4.78 is 0. The Kier molecular flexibility index (Phi) is 6.70. The molecule has 0 aliphatic heterocycles. The highest BCUT2D eigenvalue weighted by molar-refractivity contribution is 5.72. The lowest BCUT2D eigenvalue weighted by Crippen LogP contribution is -1.80. The summed E-state index contributed by atoms with van der Waals surface area (Å²) in [5.41, 5.74) is 0.912. The van der Waals surface area contributed by atoms with Gasteiger partial charge in [0.15, 0.2) is 0 Å². The van der Waals surface area contributed by atoms with E-state index in [1.165, 1.54) is 0 Å². The van der Waals surface area contributed by atoms with E-state index in [1.54, 1.807) is 0 Å². The summed E-state index contributed by atoms with van der Waals surface area (Å²) in [4.78, 5) is 10.3. The summed E-state index contributed by atoms with van der Waals surface area (Å²) in [6.07, 6.45) is 9.94. The fourth-order valence-electron chi connectivity index (χ4n) is 0.807. The van der Waals surface area contributed by atoms with Crippen LogP contribution in [0.5, 0.6) is 0 Å². The minimum Gasteiger partial charge on any atom is -0.298 e. The molecule has 0 radical (unpaired) electrons. The second-order valence-electron chi connectivity index (χ2n) is 2.40. The van der Waals surface area contributed by atoms with Crippen LogP contribution in [0.1, 0.15) is 33.1 Å². The van der Waals surface area contributed by atoms with Gasteiger partial charge in [-0.25, -0.2) is 0 Å². The Bertz CT molecular complexity index is 154. The van der Waals surface area contributed by atoms with E-state index >= 15 is 0 Å². The first-order chi connectivity index (χ1) is 5.35.